The maximum Gasteiger partial charge on any atom is 0.160 e. The molecule has 2 aliphatic rings. The zero-order valence-corrected chi connectivity index (χ0v) is 34.9. The molecule has 0 fully saturated rings. The standard InChI is InChI=1S/C58H40N2O2/c1-57(2)45-21-10-8-16-37(45)42-30-48-44(31-47(42)57)54-36(18-13-22-46(54)58(48,3)4)34-25-27-52-43(28-34)40-19-12-20-41(55(40)62-52)50-32-49(59-56(60-50)33-14-6-5-7-15-33)35-24-26-39-38-17-9-11-23-51(38)61-53(39)29-35/h5-32H,1-4H3. The molecule has 0 N–H and O–H groups in total. The SMILES string of the molecule is CC1(C)c2ccccc2-c2cc3c(cc21)-c1c(-c2ccc4oc5c(-c6cc(-c7ccc8c(c7)oc7ccccc78)nc(-c7ccccc7)n6)cccc5c4c2)cccc1C3(C)C. The van der Waals surface area contributed by atoms with Crippen LogP contribution in [0.3, 0.4) is 0 Å². The van der Waals surface area contributed by atoms with Crippen molar-refractivity contribution in [2.75, 3.05) is 0 Å². The van der Waals surface area contributed by atoms with Gasteiger partial charge in [0, 0.05) is 49.1 Å². The Kier molecular flexibility index (Phi) is 7.10. The van der Waals surface area contributed by atoms with Crippen molar-refractivity contribution in [2.24, 2.45) is 0 Å². The Morgan fingerprint density at radius 2 is 1.00 bits per heavy atom. The van der Waals surface area contributed by atoms with E-state index in [1.54, 1.807) is 0 Å². The van der Waals surface area contributed by atoms with Crippen molar-refractivity contribution >= 4 is 43.9 Å². The minimum absolute atomic E-state index is 0.0798. The molecule has 0 radical (unpaired) electrons. The van der Waals surface area contributed by atoms with Crippen LogP contribution in [0.5, 0.6) is 0 Å². The monoisotopic (exact) mass is 796 g/mol. The van der Waals surface area contributed by atoms with E-state index in [0.717, 1.165) is 72.0 Å². The van der Waals surface area contributed by atoms with E-state index in [0.29, 0.717) is 5.82 Å². The normalized spacial score (nSPS) is 14.4. The van der Waals surface area contributed by atoms with E-state index in [4.69, 9.17) is 18.8 Å². The zero-order chi connectivity index (χ0) is 41.5. The van der Waals surface area contributed by atoms with Gasteiger partial charge in [-0.3, -0.25) is 0 Å². The molecule has 62 heavy (non-hydrogen) atoms. The fraction of sp³-hybridized carbons (Fsp3) is 0.103. The average Bonchev–Trinajstić information content (AvgIpc) is 4.00. The first-order chi connectivity index (χ1) is 30.2. The van der Waals surface area contributed by atoms with Crippen LogP contribution in [0.1, 0.15) is 49.9 Å². The largest absolute Gasteiger partial charge is 0.456 e. The maximum atomic E-state index is 6.82. The quantitative estimate of drug-likeness (QED) is 0.178. The summed E-state index contributed by atoms with van der Waals surface area (Å²) in [6.45, 7) is 9.50. The maximum absolute atomic E-state index is 6.82. The first kappa shape index (κ1) is 35.2. The number of benzene rings is 8. The Labute approximate surface area is 359 Å². The summed E-state index contributed by atoms with van der Waals surface area (Å²) in [4.78, 5) is 10.3. The van der Waals surface area contributed by atoms with Gasteiger partial charge in [-0.15, -0.1) is 0 Å². The predicted octanol–water partition coefficient (Wildman–Crippen LogP) is 15.6. The van der Waals surface area contributed by atoms with Crippen LogP contribution in [-0.4, -0.2) is 9.97 Å². The molecule has 0 saturated heterocycles. The number of hydrogen-bond donors (Lipinski definition) is 0. The van der Waals surface area contributed by atoms with Crippen LogP contribution >= 0.6 is 0 Å². The Morgan fingerprint density at radius 1 is 0.355 bits per heavy atom. The molecule has 0 bridgehead atoms. The summed E-state index contributed by atoms with van der Waals surface area (Å²) in [6, 6.07) is 60.6. The molecular formula is C58H40N2O2. The third-order valence-corrected chi connectivity index (χ3v) is 13.9. The van der Waals surface area contributed by atoms with Crippen molar-refractivity contribution in [3.8, 4) is 67.3 Å². The number of para-hydroxylation sites is 2. The number of rotatable bonds is 4. The van der Waals surface area contributed by atoms with Crippen LogP contribution in [-0.2, 0) is 10.8 Å². The Bertz CT molecular complexity index is 3700. The molecule has 4 heteroatoms. The van der Waals surface area contributed by atoms with Gasteiger partial charge >= 0.3 is 0 Å². The molecule has 0 aliphatic heterocycles. The van der Waals surface area contributed by atoms with Crippen molar-refractivity contribution in [3.63, 3.8) is 0 Å². The second-order valence-electron chi connectivity index (χ2n) is 18.1. The van der Waals surface area contributed by atoms with E-state index in [-0.39, 0.29) is 10.8 Å². The van der Waals surface area contributed by atoms with Gasteiger partial charge in [-0.25, -0.2) is 9.97 Å². The summed E-state index contributed by atoms with van der Waals surface area (Å²) in [5, 5.41) is 4.31. The molecule has 8 aromatic carbocycles. The summed E-state index contributed by atoms with van der Waals surface area (Å²) < 4.78 is 13.1. The molecule has 11 aromatic rings. The van der Waals surface area contributed by atoms with Crippen molar-refractivity contribution in [2.45, 2.75) is 38.5 Å². The highest BCUT2D eigenvalue weighted by Crippen LogP contribution is 2.58. The highest BCUT2D eigenvalue weighted by Gasteiger charge is 2.42. The minimum atomic E-state index is -0.147. The number of aromatic nitrogens is 2. The molecule has 0 saturated carbocycles. The van der Waals surface area contributed by atoms with E-state index in [9.17, 15) is 0 Å². The van der Waals surface area contributed by atoms with E-state index in [2.05, 4.69) is 161 Å². The highest BCUT2D eigenvalue weighted by atomic mass is 16.3. The molecule has 4 nitrogen and oxygen atoms in total. The van der Waals surface area contributed by atoms with E-state index in [1.807, 2.05) is 36.4 Å². The third kappa shape index (κ3) is 4.89. The lowest BCUT2D eigenvalue weighted by Crippen LogP contribution is -2.16. The molecule has 0 amide bonds. The Morgan fingerprint density at radius 3 is 1.90 bits per heavy atom. The van der Waals surface area contributed by atoms with E-state index >= 15 is 0 Å². The molecular weight excluding hydrogens is 757 g/mol. The van der Waals surface area contributed by atoms with Crippen LogP contribution < -0.4 is 0 Å². The lowest BCUT2D eigenvalue weighted by Gasteiger charge is -2.24. The molecule has 294 valence electrons. The Hall–Kier alpha value is -7.56. The van der Waals surface area contributed by atoms with Gasteiger partial charge in [0.05, 0.1) is 11.4 Å². The minimum Gasteiger partial charge on any atom is -0.456 e. The second-order valence-corrected chi connectivity index (χ2v) is 18.1. The summed E-state index contributed by atoms with van der Waals surface area (Å²) in [6.07, 6.45) is 0. The lowest BCUT2D eigenvalue weighted by molar-refractivity contribution is 0.652. The van der Waals surface area contributed by atoms with Gasteiger partial charge in [0.1, 0.15) is 22.3 Å². The molecule has 0 unspecified atom stereocenters. The van der Waals surface area contributed by atoms with Crippen LogP contribution in [0.25, 0.3) is 111 Å². The molecule has 3 heterocycles. The van der Waals surface area contributed by atoms with Gasteiger partial charge in [0.2, 0.25) is 0 Å². The van der Waals surface area contributed by atoms with Gasteiger partial charge in [-0.2, -0.15) is 0 Å². The topological polar surface area (TPSA) is 52.1 Å². The average molecular weight is 797 g/mol. The lowest BCUT2D eigenvalue weighted by atomic mass is 9.79. The predicted molar refractivity (Wildman–Crippen MR) is 253 cm³/mol. The van der Waals surface area contributed by atoms with Crippen molar-refractivity contribution in [3.05, 3.63) is 192 Å². The summed E-state index contributed by atoms with van der Waals surface area (Å²) in [5.74, 6) is 0.650. The number of fused-ring (bicyclic) bond motifs is 12. The fourth-order valence-corrected chi connectivity index (χ4v) is 10.7. The first-order valence-corrected chi connectivity index (χ1v) is 21.5. The van der Waals surface area contributed by atoms with Gasteiger partial charge in [-0.05, 0) is 110 Å². The van der Waals surface area contributed by atoms with Gasteiger partial charge in [0.15, 0.2) is 5.82 Å². The van der Waals surface area contributed by atoms with Crippen LogP contribution in [0.4, 0.5) is 0 Å². The second kappa shape index (κ2) is 12.5. The van der Waals surface area contributed by atoms with Crippen LogP contribution in [0.15, 0.2) is 179 Å². The molecule has 3 aromatic heterocycles. The number of hydrogen-bond acceptors (Lipinski definition) is 4. The van der Waals surface area contributed by atoms with Crippen molar-refractivity contribution in [1.29, 1.82) is 0 Å². The highest BCUT2D eigenvalue weighted by molar-refractivity contribution is 6.11. The van der Waals surface area contributed by atoms with E-state index in [1.165, 1.54) is 55.6 Å². The van der Waals surface area contributed by atoms with Crippen LogP contribution in [0, 0.1) is 0 Å². The molecule has 13 rings (SSSR count). The molecule has 0 atom stereocenters. The summed E-state index contributed by atoms with van der Waals surface area (Å²) in [5.41, 5.74) is 20.9. The molecule has 2 aliphatic carbocycles. The number of nitrogens with zero attached hydrogens (tertiary/aromatic N) is 2. The fourth-order valence-electron chi connectivity index (χ4n) is 10.7. The smallest absolute Gasteiger partial charge is 0.160 e. The first-order valence-electron chi connectivity index (χ1n) is 21.5. The molecule has 0 spiro atoms. The van der Waals surface area contributed by atoms with Gasteiger partial charge in [0.25, 0.3) is 0 Å². The number of furan rings is 2. The van der Waals surface area contributed by atoms with Crippen molar-refractivity contribution in [1.82, 2.24) is 9.97 Å². The summed E-state index contributed by atoms with van der Waals surface area (Å²) >= 11 is 0. The van der Waals surface area contributed by atoms with Gasteiger partial charge in [-0.1, -0.05) is 143 Å². The summed E-state index contributed by atoms with van der Waals surface area (Å²) in [7, 11) is 0. The van der Waals surface area contributed by atoms with E-state index < -0.39 is 0 Å². The third-order valence-electron chi connectivity index (χ3n) is 13.9. The van der Waals surface area contributed by atoms with Crippen molar-refractivity contribution < 1.29 is 8.83 Å². The zero-order valence-electron chi connectivity index (χ0n) is 34.9. The Balaban J connectivity index is 0.961. The van der Waals surface area contributed by atoms with Crippen LogP contribution in [0.2, 0.25) is 0 Å². The van der Waals surface area contributed by atoms with Gasteiger partial charge < -0.3 is 8.83 Å².